The summed E-state index contributed by atoms with van der Waals surface area (Å²) in [5, 5.41) is 0.848. The molecule has 0 bridgehead atoms. The Kier molecular flexibility index (Phi) is 6.53. The van der Waals surface area contributed by atoms with E-state index in [1.807, 2.05) is 35.2 Å². The Morgan fingerprint density at radius 1 is 1.09 bits per heavy atom. The van der Waals surface area contributed by atoms with E-state index in [-0.39, 0.29) is 0 Å². The first-order valence-corrected chi connectivity index (χ1v) is 10.8. The molecule has 10 heteroatoms. The summed E-state index contributed by atoms with van der Waals surface area (Å²) >= 11 is 12.4. The largest absolute Gasteiger partial charge is 0.497 e. The number of rotatable bonds is 4. The molecule has 32 heavy (non-hydrogen) atoms. The second-order valence-corrected chi connectivity index (χ2v) is 7.99. The molecular formula is C22H23Cl2N7O. The summed E-state index contributed by atoms with van der Waals surface area (Å²) in [5.74, 6) is 2.21. The van der Waals surface area contributed by atoms with E-state index in [2.05, 4.69) is 19.9 Å². The molecule has 0 atom stereocenters. The van der Waals surface area contributed by atoms with Gasteiger partial charge in [-0.25, -0.2) is 15.0 Å². The first kappa shape index (κ1) is 22.0. The lowest BCUT2D eigenvalue weighted by molar-refractivity contribution is 0.381. The summed E-state index contributed by atoms with van der Waals surface area (Å²) in [6.45, 7) is 2.81. The minimum absolute atomic E-state index is 0.299. The van der Waals surface area contributed by atoms with Crippen LogP contribution in [0.3, 0.4) is 0 Å². The Labute approximate surface area is 196 Å². The maximum Gasteiger partial charge on any atom is 0.196 e. The van der Waals surface area contributed by atoms with Crippen LogP contribution in [0.4, 0.5) is 17.3 Å². The molecule has 1 saturated heterocycles. The van der Waals surface area contributed by atoms with Crippen molar-refractivity contribution < 1.29 is 4.74 Å². The third-order valence-corrected chi connectivity index (χ3v) is 6.04. The van der Waals surface area contributed by atoms with Gasteiger partial charge in [-0.3, -0.25) is 0 Å². The van der Waals surface area contributed by atoms with Crippen molar-refractivity contribution in [3.63, 3.8) is 0 Å². The molecule has 3 aromatic rings. The number of hydrogen-bond donors (Lipinski definition) is 2. The van der Waals surface area contributed by atoms with E-state index in [9.17, 15) is 0 Å². The number of hydrogen-bond acceptors (Lipinski definition) is 6. The summed E-state index contributed by atoms with van der Waals surface area (Å²) in [6.07, 6.45) is 1.70. The van der Waals surface area contributed by atoms with E-state index < -0.39 is 0 Å². The number of aliphatic imine (C=N–C) groups is 1. The number of anilines is 2. The highest BCUT2D eigenvalue weighted by Crippen LogP contribution is 2.35. The lowest BCUT2D eigenvalue weighted by Crippen LogP contribution is -2.51. The van der Waals surface area contributed by atoms with Crippen molar-refractivity contribution in [3.8, 4) is 17.0 Å². The molecule has 0 aliphatic carbocycles. The Bertz CT molecular complexity index is 1150. The Morgan fingerprint density at radius 2 is 1.84 bits per heavy atom. The monoisotopic (exact) mass is 471 g/mol. The molecule has 0 radical (unpaired) electrons. The van der Waals surface area contributed by atoms with Gasteiger partial charge in [-0.15, -0.1) is 0 Å². The van der Waals surface area contributed by atoms with Gasteiger partial charge >= 0.3 is 0 Å². The molecular weight excluding hydrogens is 449 g/mol. The van der Waals surface area contributed by atoms with Crippen molar-refractivity contribution in [2.75, 3.05) is 43.9 Å². The molecule has 1 aliphatic heterocycles. The van der Waals surface area contributed by atoms with Crippen LogP contribution in [0.25, 0.3) is 11.3 Å². The predicted molar refractivity (Wildman–Crippen MR) is 130 cm³/mol. The van der Waals surface area contributed by atoms with Gasteiger partial charge in [0.1, 0.15) is 17.3 Å². The van der Waals surface area contributed by atoms with Crippen LogP contribution in [0.2, 0.25) is 10.0 Å². The van der Waals surface area contributed by atoms with Gasteiger partial charge in [-0.2, -0.15) is 0 Å². The molecule has 0 saturated carbocycles. The van der Waals surface area contributed by atoms with E-state index >= 15 is 0 Å². The Balaban J connectivity index is 1.44. The number of piperazine rings is 1. The highest BCUT2D eigenvalue weighted by Gasteiger charge is 2.21. The van der Waals surface area contributed by atoms with Crippen LogP contribution in [0.5, 0.6) is 5.75 Å². The number of benzene rings is 2. The highest BCUT2D eigenvalue weighted by molar-refractivity contribution is 6.43. The van der Waals surface area contributed by atoms with Gasteiger partial charge in [0.15, 0.2) is 11.8 Å². The molecule has 0 spiro atoms. The Morgan fingerprint density at radius 3 is 2.56 bits per heavy atom. The average Bonchev–Trinajstić information content (AvgIpc) is 2.81. The number of nitrogens with zero attached hydrogens (tertiary/aromatic N) is 5. The number of methoxy groups -OCH3 is 1. The number of halogens is 2. The summed E-state index contributed by atoms with van der Waals surface area (Å²) in [6, 6.07) is 12.8. The zero-order valence-corrected chi connectivity index (χ0v) is 19.0. The van der Waals surface area contributed by atoms with E-state index in [1.165, 1.54) is 0 Å². The zero-order valence-electron chi connectivity index (χ0n) is 17.5. The maximum absolute atomic E-state index is 6.31. The molecule has 0 unspecified atom stereocenters. The normalized spacial score (nSPS) is 14.5. The summed E-state index contributed by atoms with van der Waals surface area (Å²) in [4.78, 5) is 17.7. The number of nitrogens with two attached hydrogens (primary N) is 2. The first-order chi connectivity index (χ1) is 15.5. The smallest absolute Gasteiger partial charge is 0.196 e. The molecule has 4 N–H and O–H groups in total. The second kappa shape index (κ2) is 9.50. The van der Waals surface area contributed by atoms with Crippen LogP contribution < -0.4 is 21.1 Å². The lowest BCUT2D eigenvalue weighted by Gasteiger charge is -2.35. The standard InChI is InChI=1S/C22H23Cl2N7O/c1-32-15-5-2-4-14(12-15)28-22(26)31-10-8-30(9-11-31)18-13-27-20(21(25)29-18)16-6-3-7-17(23)19(16)24/h2-7,12-13H,8-11H2,1H3,(H2,25,29)(H2,26,28). The fraction of sp³-hybridized carbons (Fsp3) is 0.227. The van der Waals surface area contributed by atoms with Gasteiger partial charge in [0.2, 0.25) is 0 Å². The lowest BCUT2D eigenvalue weighted by atomic mass is 10.1. The molecule has 8 nitrogen and oxygen atoms in total. The molecule has 1 aromatic heterocycles. The molecule has 1 aliphatic rings. The summed E-state index contributed by atoms with van der Waals surface area (Å²) < 4.78 is 5.24. The van der Waals surface area contributed by atoms with Crippen LogP contribution in [0.1, 0.15) is 0 Å². The zero-order chi connectivity index (χ0) is 22.7. The van der Waals surface area contributed by atoms with Gasteiger partial charge < -0.3 is 26.0 Å². The summed E-state index contributed by atoms with van der Waals surface area (Å²) in [5.41, 5.74) is 14.4. The highest BCUT2D eigenvalue weighted by atomic mass is 35.5. The van der Waals surface area contributed by atoms with E-state index in [4.69, 9.17) is 39.4 Å². The van der Waals surface area contributed by atoms with Gasteiger partial charge in [-0.1, -0.05) is 41.4 Å². The second-order valence-electron chi connectivity index (χ2n) is 7.21. The maximum atomic E-state index is 6.31. The predicted octanol–water partition coefficient (Wildman–Crippen LogP) is 3.81. The van der Waals surface area contributed by atoms with Gasteiger partial charge in [0.05, 0.1) is 29.0 Å². The van der Waals surface area contributed by atoms with E-state index in [1.54, 1.807) is 25.4 Å². The first-order valence-electron chi connectivity index (χ1n) is 10.0. The van der Waals surface area contributed by atoms with Crippen molar-refractivity contribution in [1.29, 1.82) is 0 Å². The molecule has 2 heterocycles. The van der Waals surface area contributed by atoms with Crippen LogP contribution in [0, 0.1) is 0 Å². The van der Waals surface area contributed by atoms with Crippen LogP contribution in [-0.2, 0) is 0 Å². The number of aromatic nitrogens is 2. The van der Waals surface area contributed by atoms with Crippen molar-refractivity contribution in [2.24, 2.45) is 10.7 Å². The number of guanidine groups is 1. The SMILES string of the molecule is COc1cccc(N=C(N)N2CCN(c3cnc(-c4cccc(Cl)c4Cl)c(N)n3)CC2)c1. The molecule has 0 amide bonds. The van der Waals surface area contributed by atoms with Crippen molar-refractivity contribution in [3.05, 3.63) is 58.7 Å². The van der Waals surface area contributed by atoms with Crippen molar-refractivity contribution >= 4 is 46.5 Å². The topological polar surface area (TPSA) is 106 Å². The molecule has 1 fully saturated rings. The van der Waals surface area contributed by atoms with Crippen LogP contribution in [-0.4, -0.2) is 54.1 Å². The molecule has 166 valence electrons. The molecule has 2 aromatic carbocycles. The Hall–Kier alpha value is -3.23. The van der Waals surface area contributed by atoms with Gasteiger partial charge in [0.25, 0.3) is 0 Å². The van der Waals surface area contributed by atoms with Crippen LogP contribution >= 0.6 is 23.2 Å². The van der Waals surface area contributed by atoms with E-state index in [0.29, 0.717) is 65.1 Å². The van der Waals surface area contributed by atoms with Crippen molar-refractivity contribution in [2.45, 2.75) is 0 Å². The third-order valence-electron chi connectivity index (χ3n) is 5.22. The number of ether oxygens (including phenoxy) is 1. The van der Waals surface area contributed by atoms with Crippen molar-refractivity contribution in [1.82, 2.24) is 14.9 Å². The summed E-state index contributed by atoms with van der Waals surface area (Å²) in [7, 11) is 1.62. The van der Waals surface area contributed by atoms with Gasteiger partial charge in [0, 0.05) is 37.8 Å². The minimum Gasteiger partial charge on any atom is -0.497 e. The fourth-order valence-electron chi connectivity index (χ4n) is 3.49. The quantitative estimate of drug-likeness (QED) is 0.439. The van der Waals surface area contributed by atoms with Gasteiger partial charge in [-0.05, 0) is 18.2 Å². The van der Waals surface area contributed by atoms with Crippen LogP contribution in [0.15, 0.2) is 53.7 Å². The fourth-order valence-corrected chi connectivity index (χ4v) is 3.88. The van der Waals surface area contributed by atoms with E-state index in [0.717, 1.165) is 11.4 Å². The molecule has 4 rings (SSSR count). The number of nitrogen functional groups attached to an aromatic ring is 1. The third kappa shape index (κ3) is 4.66. The minimum atomic E-state index is 0.299. The average molecular weight is 472 g/mol.